The second-order valence-electron chi connectivity index (χ2n) is 6.20. The van der Waals surface area contributed by atoms with E-state index in [1.165, 1.54) is 6.07 Å². The molecular formula is C20H21FN4O3. The summed E-state index contributed by atoms with van der Waals surface area (Å²) in [6, 6.07) is 8.51. The molecule has 0 radical (unpaired) electrons. The van der Waals surface area contributed by atoms with Crippen LogP contribution in [0.25, 0.3) is 16.6 Å². The molecule has 2 N–H and O–H groups in total. The van der Waals surface area contributed by atoms with E-state index in [0.29, 0.717) is 24.3 Å². The van der Waals surface area contributed by atoms with Crippen molar-refractivity contribution < 1.29 is 18.7 Å². The summed E-state index contributed by atoms with van der Waals surface area (Å²) in [6.07, 6.45) is 5.06. The minimum atomic E-state index is -0.559. The molecule has 0 aliphatic heterocycles. The van der Waals surface area contributed by atoms with Gasteiger partial charge in [-0.3, -0.25) is 14.6 Å². The third-order valence-corrected chi connectivity index (χ3v) is 4.27. The van der Waals surface area contributed by atoms with Crippen molar-refractivity contribution in [3.05, 3.63) is 54.7 Å². The first kappa shape index (κ1) is 19.3. The third-order valence-electron chi connectivity index (χ3n) is 4.27. The lowest BCUT2D eigenvalue weighted by Crippen LogP contribution is -2.37. The van der Waals surface area contributed by atoms with Crippen LogP contribution in [0, 0.1) is 5.82 Å². The fraction of sp³-hybridized carbons (Fsp3) is 0.250. The molecule has 0 bridgehead atoms. The average molecular weight is 384 g/mol. The Labute approximate surface area is 161 Å². The summed E-state index contributed by atoms with van der Waals surface area (Å²) in [5.74, 6) is -0.541. The van der Waals surface area contributed by atoms with Crippen molar-refractivity contribution in [1.29, 1.82) is 0 Å². The quantitative estimate of drug-likeness (QED) is 0.554. The number of amides is 1. The van der Waals surface area contributed by atoms with Gasteiger partial charge >= 0.3 is 0 Å². The first-order valence-electron chi connectivity index (χ1n) is 8.93. The molecule has 3 rings (SSSR count). The number of nitrogens with one attached hydrogen (secondary N) is 2. The number of nitrogens with zero attached hydrogens (tertiary/aromatic N) is 2. The van der Waals surface area contributed by atoms with Crippen LogP contribution in [0.3, 0.4) is 0 Å². The van der Waals surface area contributed by atoms with Crippen LogP contribution in [0.1, 0.15) is 13.3 Å². The molecule has 0 saturated heterocycles. The van der Waals surface area contributed by atoms with Gasteiger partial charge in [-0.15, -0.1) is 0 Å². The van der Waals surface area contributed by atoms with E-state index in [-0.39, 0.29) is 19.0 Å². The third kappa shape index (κ3) is 4.64. The summed E-state index contributed by atoms with van der Waals surface area (Å²) in [6.45, 7) is 2.48. The van der Waals surface area contributed by atoms with Crippen LogP contribution in [-0.4, -0.2) is 41.1 Å². The first-order valence-corrected chi connectivity index (χ1v) is 8.93. The number of hydrogen-bond acceptors (Lipinski definition) is 5. The monoisotopic (exact) mass is 384 g/mol. The molecule has 2 aromatic heterocycles. The molecule has 28 heavy (non-hydrogen) atoms. The SMILES string of the molecule is CCC(=O)NCC(CNc1ccc(-n2cc3cccnc3c2)c(F)c1)OC=O. The highest BCUT2D eigenvalue weighted by molar-refractivity contribution is 5.78. The predicted molar refractivity (Wildman–Crippen MR) is 104 cm³/mol. The van der Waals surface area contributed by atoms with Gasteiger partial charge in [0.1, 0.15) is 11.9 Å². The van der Waals surface area contributed by atoms with Crippen LogP contribution < -0.4 is 10.6 Å². The van der Waals surface area contributed by atoms with E-state index in [9.17, 15) is 14.0 Å². The molecule has 1 atom stereocenters. The number of fused-ring (bicyclic) bond motifs is 1. The lowest BCUT2D eigenvalue weighted by Gasteiger charge is -2.17. The molecule has 0 aliphatic carbocycles. The van der Waals surface area contributed by atoms with Gasteiger partial charge in [0.2, 0.25) is 5.91 Å². The zero-order valence-electron chi connectivity index (χ0n) is 15.4. The van der Waals surface area contributed by atoms with Crippen molar-refractivity contribution in [2.24, 2.45) is 0 Å². The molecule has 0 fully saturated rings. The Kier molecular flexibility index (Phi) is 6.21. The number of pyridine rings is 1. The zero-order valence-corrected chi connectivity index (χ0v) is 15.4. The maximum absolute atomic E-state index is 14.6. The van der Waals surface area contributed by atoms with Gasteiger partial charge in [0.25, 0.3) is 6.47 Å². The maximum atomic E-state index is 14.6. The number of benzene rings is 1. The van der Waals surface area contributed by atoms with Crippen LogP contribution >= 0.6 is 0 Å². The van der Waals surface area contributed by atoms with E-state index in [2.05, 4.69) is 15.6 Å². The van der Waals surface area contributed by atoms with Crippen LogP contribution in [-0.2, 0) is 14.3 Å². The van der Waals surface area contributed by atoms with Crippen molar-refractivity contribution in [2.45, 2.75) is 19.4 Å². The number of anilines is 1. The highest BCUT2D eigenvalue weighted by Gasteiger charge is 2.12. The molecule has 0 aliphatic rings. The standard InChI is InChI=1S/C20H21FN4O3/c1-2-20(27)24-10-16(28-13-26)9-23-15-5-6-19(17(21)8-15)25-11-14-4-3-7-22-18(14)12-25/h3-8,11-13,16,23H,2,9-10H2,1H3,(H,24,27). The molecule has 7 nitrogen and oxygen atoms in total. The van der Waals surface area contributed by atoms with Crippen molar-refractivity contribution in [3.8, 4) is 5.69 Å². The molecule has 1 unspecified atom stereocenters. The van der Waals surface area contributed by atoms with Crippen LogP contribution in [0.4, 0.5) is 10.1 Å². The molecule has 1 amide bonds. The summed E-state index contributed by atoms with van der Waals surface area (Å²) in [7, 11) is 0. The van der Waals surface area contributed by atoms with E-state index >= 15 is 0 Å². The van der Waals surface area contributed by atoms with Crippen molar-refractivity contribution in [3.63, 3.8) is 0 Å². The zero-order chi connectivity index (χ0) is 19.9. The highest BCUT2D eigenvalue weighted by Crippen LogP contribution is 2.22. The van der Waals surface area contributed by atoms with Crippen molar-refractivity contribution in [1.82, 2.24) is 14.9 Å². The fourth-order valence-electron chi connectivity index (χ4n) is 2.76. The largest absolute Gasteiger partial charge is 0.461 e. The van der Waals surface area contributed by atoms with Crippen molar-refractivity contribution >= 4 is 29.0 Å². The van der Waals surface area contributed by atoms with Gasteiger partial charge in [0.15, 0.2) is 0 Å². The number of rotatable bonds is 9. The number of carbonyl (C=O) groups excluding carboxylic acids is 2. The van der Waals surface area contributed by atoms with Gasteiger partial charge in [-0.05, 0) is 30.3 Å². The van der Waals surface area contributed by atoms with Gasteiger partial charge in [-0.25, -0.2) is 4.39 Å². The van der Waals surface area contributed by atoms with Gasteiger partial charge in [-0.1, -0.05) is 6.92 Å². The Balaban J connectivity index is 1.67. The molecule has 146 valence electrons. The maximum Gasteiger partial charge on any atom is 0.293 e. The van der Waals surface area contributed by atoms with Crippen LogP contribution in [0.5, 0.6) is 0 Å². The summed E-state index contributed by atoms with van der Waals surface area (Å²) in [4.78, 5) is 26.2. The number of ether oxygens (including phenoxy) is 1. The Hall–Kier alpha value is -3.42. The molecule has 1 aromatic carbocycles. The number of aromatic nitrogens is 2. The van der Waals surface area contributed by atoms with Crippen molar-refractivity contribution in [2.75, 3.05) is 18.4 Å². The molecule has 0 saturated carbocycles. The van der Waals surface area contributed by atoms with E-state index in [1.54, 1.807) is 36.0 Å². The Morgan fingerprint density at radius 1 is 1.32 bits per heavy atom. The molecule has 0 spiro atoms. The van der Waals surface area contributed by atoms with E-state index in [0.717, 1.165) is 10.9 Å². The Morgan fingerprint density at radius 2 is 2.18 bits per heavy atom. The Morgan fingerprint density at radius 3 is 2.89 bits per heavy atom. The van der Waals surface area contributed by atoms with Gasteiger partial charge < -0.3 is 19.9 Å². The first-order chi connectivity index (χ1) is 13.6. The smallest absolute Gasteiger partial charge is 0.293 e. The molecule has 3 aromatic rings. The minimum Gasteiger partial charge on any atom is -0.461 e. The normalized spacial score (nSPS) is 11.8. The summed E-state index contributed by atoms with van der Waals surface area (Å²) in [5.41, 5.74) is 1.73. The topological polar surface area (TPSA) is 85.2 Å². The molecule has 2 heterocycles. The molecule has 8 heteroatoms. The summed E-state index contributed by atoms with van der Waals surface area (Å²) < 4.78 is 21.3. The number of carbonyl (C=O) groups is 2. The van der Waals surface area contributed by atoms with E-state index < -0.39 is 11.9 Å². The summed E-state index contributed by atoms with van der Waals surface area (Å²) >= 11 is 0. The average Bonchev–Trinajstić information content (AvgIpc) is 3.13. The number of halogens is 1. The van der Waals surface area contributed by atoms with Gasteiger partial charge in [0, 0.05) is 36.1 Å². The lowest BCUT2D eigenvalue weighted by atomic mass is 10.2. The summed E-state index contributed by atoms with van der Waals surface area (Å²) in [5, 5.41) is 6.61. The van der Waals surface area contributed by atoms with E-state index in [1.807, 2.05) is 18.3 Å². The number of hydrogen-bond donors (Lipinski definition) is 2. The highest BCUT2D eigenvalue weighted by atomic mass is 19.1. The van der Waals surface area contributed by atoms with Crippen LogP contribution in [0.15, 0.2) is 48.9 Å². The second kappa shape index (κ2) is 8.98. The van der Waals surface area contributed by atoms with Gasteiger partial charge in [-0.2, -0.15) is 0 Å². The lowest BCUT2D eigenvalue weighted by molar-refractivity contribution is -0.134. The second-order valence-corrected chi connectivity index (χ2v) is 6.20. The predicted octanol–water partition coefficient (Wildman–Crippen LogP) is 2.64. The fourth-order valence-corrected chi connectivity index (χ4v) is 2.76. The minimum absolute atomic E-state index is 0.136. The Bertz CT molecular complexity index is 940. The molecular weight excluding hydrogens is 363 g/mol. The van der Waals surface area contributed by atoms with Gasteiger partial charge in [0.05, 0.1) is 24.3 Å². The van der Waals surface area contributed by atoms with Crippen LogP contribution in [0.2, 0.25) is 0 Å². The van der Waals surface area contributed by atoms with E-state index in [4.69, 9.17) is 4.74 Å².